The fraction of sp³-hybridized carbons (Fsp3) is 0.562. The molecule has 0 radical (unpaired) electrons. The molecule has 0 N–H and O–H groups in total. The zero-order valence-corrected chi connectivity index (χ0v) is 12.5. The number of piperidine rings is 1. The van der Waals surface area contributed by atoms with Crippen molar-refractivity contribution in [2.75, 3.05) is 20.2 Å². The summed E-state index contributed by atoms with van der Waals surface area (Å²) in [5.41, 5.74) is 1.06. The summed E-state index contributed by atoms with van der Waals surface area (Å²) in [6, 6.07) is 4.63. The maximum Gasteiger partial charge on any atom is 0.144 e. The fourth-order valence-electron chi connectivity index (χ4n) is 3.18. The predicted octanol–water partition coefficient (Wildman–Crippen LogP) is 2.93. The second-order valence-corrected chi connectivity index (χ2v) is 5.88. The largest absolute Gasteiger partial charge is 0.494 e. The molecule has 2 aromatic heterocycles. The van der Waals surface area contributed by atoms with Crippen molar-refractivity contribution in [2.45, 2.75) is 38.6 Å². The molecular weight excluding hydrogens is 250 g/mol. The van der Waals surface area contributed by atoms with Crippen LogP contribution in [0.2, 0.25) is 0 Å². The Morgan fingerprint density at radius 3 is 3.00 bits per heavy atom. The van der Waals surface area contributed by atoms with Crippen LogP contribution >= 0.6 is 0 Å². The second-order valence-electron chi connectivity index (χ2n) is 5.88. The number of imidazole rings is 1. The van der Waals surface area contributed by atoms with E-state index in [1.165, 1.54) is 25.2 Å². The van der Waals surface area contributed by atoms with Crippen LogP contribution < -0.4 is 4.74 Å². The molecule has 4 nitrogen and oxygen atoms in total. The molecule has 1 saturated heterocycles. The van der Waals surface area contributed by atoms with Gasteiger partial charge in [-0.15, -0.1) is 0 Å². The summed E-state index contributed by atoms with van der Waals surface area (Å²) in [4.78, 5) is 7.23. The first kappa shape index (κ1) is 13.4. The van der Waals surface area contributed by atoms with E-state index in [1.54, 1.807) is 7.11 Å². The molecule has 0 saturated carbocycles. The Labute approximate surface area is 120 Å². The van der Waals surface area contributed by atoms with Crippen molar-refractivity contribution in [3.8, 4) is 5.75 Å². The highest BCUT2D eigenvalue weighted by molar-refractivity contribution is 5.59. The third kappa shape index (κ3) is 2.29. The molecule has 108 valence electrons. The zero-order valence-electron chi connectivity index (χ0n) is 12.5. The monoisotopic (exact) mass is 273 g/mol. The van der Waals surface area contributed by atoms with E-state index in [9.17, 15) is 0 Å². The van der Waals surface area contributed by atoms with E-state index in [2.05, 4.69) is 34.3 Å². The first-order valence-corrected chi connectivity index (χ1v) is 7.44. The SMILES string of the molecule is COc1cccn2c(C3CCCN(C(C)C)C3)ncc12. The van der Waals surface area contributed by atoms with Crippen LogP contribution in [0, 0.1) is 0 Å². The van der Waals surface area contributed by atoms with Gasteiger partial charge in [0.05, 0.1) is 13.3 Å². The highest BCUT2D eigenvalue weighted by atomic mass is 16.5. The second kappa shape index (κ2) is 5.44. The highest BCUT2D eigenvalue weighted by Gasteiger charge is 2.26. The van der Waals surface area contributed by atoms with Gasteiger partial charge in [-0.2, -0.15) is 0 Å². The maximum absolute atomic E-state index is 5.42. The number of likely N-dealkylation sites (tertiary alicyclic amines) is 1. The molecule has 1 atom stereocenters. The van der Waals surface area contributed by atoms with E-state index in [-0.39, 0.29) is 0 Å². The van der Waals surface area contributed by atoms with Gasteiger partial charge in [-0.3, -0.25) is 0 Å². The number of ether oxygens (including phenoxy) is 1. The minimum absolute atomic E-state index is 0.515. The standard InChI is InChI=1S/C16H23N3O/c1-12(2)18-8-4-6-13(11-18)16-17-10-14-15(20-3)7-5-9-19(14)16/h5,7,9-10,12-13H,4,6,8,11H2,1-3H3. The Kier molecular flexibility index (Phi) is 3.66. The highest BCUT2D eigenvalue weighted by Crippen LogP contribution is 2.29. The molecule has 4 heteroatoms. The Hall–Kier alpha value is -1.55. The molecule has 0 bridgehead atoms. The van der Waals surface area contributed by atoms with Crippen molar-refractivity contribution in [3.05, 3.63) is 30.4 Å². The number of aromatic nitrogens is 2. The van der Waals surface area contributed by atoms with Crippen LogP contribution in [0.1, 0.15) is 38.4 Å². The Morgan fingerprint density at radius 2 is 2.25 bits per heavy atom. The number of hydrogen-bond acceptors (Lipinski definition) is 3. The summed E-state index contributed by atoms with van der Waals surface area (Å²) < 4.78 is 7.60. The summed E-state index contributed by atoms with van der Waals surface area (Å²) in [7, 11) is 1.71. The maximum atomic E-state index is 5.42. The molecule has 0 aromatic carbocycles. The zero-order chi connectivity index (χ0) is 14.1. The number of rotatable bonds is 3. The van der Waals surface area contributed by atoms with Crippen LogP contribution in [-0.4, -0.2) is 40.5 Å². The van der Waals surface area contributed by atoms with Crippen LogP contribution in [0.5, 0.6) is 5.75 Å². The number of fused-ring (bicyclic) bond motifs is 1. The molecule has 1 aliphatic rings. The lowest BCUT2D eigenvalue weighted by atomic mass is 9.96. The molecule has 1 unspecified atom stereocenters. The number of methoxy groups -OCH3 is 1. The van der Waals surface area contributed by atoms with Crippen LogP contribution in [-0.2, 0) is 0 Å². The lowest BCUT2D eigenvalue weighted by Gasteiger charge is -2.34. The predicted molar refractivity (Wildman–Crippen MR) is 80.4 cm³/mol. The molecule has 20 heavy (non-hydrogen) atoms. The number of pyridine rings is 1. The molecule has 1 fully saturated rings. The minimum Gasteiger partial charge on any atom is -0.494 e. The van der Waals surface area contributed by atoms with E-state index in [1.807, 2.05) is 18.3 Å². The number of hydrogen-bond donors (Lipinski definition) is 0. The summed E-state index contributed by atoms with van der Waals surface area (Å²) in [6.07, 6.45) is 6.50. The van der Waals surface area contributed by atoms with Gasteiger partial charge in [0.25, 0.3) is 0 Å². The van der Waals surface area contributed by atoms with Gasteiger partial charge in [-0.25, -0.2) is 4.98 Å². The number of nitrogens with zero attached hydrogens (tertiary/aromatic N) is 3. The van der Waals surface area contributed by atoms with Crippen LogP contribution in [0.4, 0.5) is 0 Å². The van der Waals surface area contributed by atoms with Gasteiger partial charge in [0.1, 0.15) is 17.1 Å². The van der Waals surface area contributed by atoms with Gasteiger partial charge in [0, 0.05) is 24.7 Å². The Morgan fingerprint density at radius 1 is 1.40 bits per heavy atom. The quantitative estimate of drug-likeness (QED) is 0.861. The summed E-state index contributed by atoms with van der Waals surface area (Å²) >= 11 is 0. The van der Waals surface area contributed by atoms with Crippen molar-refractivity contribution >= 4 is 5.52 Å². The van der Waals surface area contributed by atoms with E-state index in [0.29, 0.717) is 12.0 Å². The normalized spacial score (nSPS) is 20.7. The smallest absolute Gasteiger partial charge is 0.144 e. The fourth-order valence-corrected chi connectivity index (χ4v) is 3.18. The lowest BCUT2D eigenvalue weighted by Crippen LogP contribution is -2.39. The third-order valence-corrected chi connectivity index (χ3v) is 4.33. The molecule has 3 heterocycles. The Bertz CT molecular complexity index is 590. The van der Waals surface area contributed by atoms with Gasteiger partial charge in [0.2, 0.25) is 0 Å². The van der Waals surface area contributed by atoms with Crippen LogP contribution in [0.3, 0.4) is 0 Å². The molecular formula is C16H23N3O. The van der Waals surface area contributed by atoms with Gasteiger partial charge >= 0.3 is 0 Å². The van der Waals surface area contributed by atoms with E-state index in [4.69, 9.17) is 4.74 Å². The lowest BCUT2D eigenvalue weighted by molar-refractivity contribution is 0.164. The third-order valence-electron chi connectivity index (χ3n) is 4.33. The molecule has 0 aliphatic carbocycles. The van der Waals surface area contributed by atoms with E-state index in [0.717, 1.165) is 17.8 Å². The van der Waals surface area contributed by atoms with E-state index < -0.39 is 0 Å². The molecule has 0 amide bonds. The molecule has 3 rings (SSSR count). The molecule has 0 spiro atoms. The average Bonchev–Trinajstić information content (AvgIpc) is 2.91. The Balaban J connectivity index is 1.94. The van der Waals surface area contributed by atoms with Crippen molar-refractivity contribution < 1.29 is 4.74 Å². The first-order chi connectivity index (χ1) is 9.70. The topological polar surface area (TPSA) is 29.8 Å². The van der Waals surface area contributed by atoms with Crippen molar-refractivity contribution in [1.29, 1.82) is 0 Å². The summed E-state index contributed by atoms with van der Waals surface area (Å²) in [5, 5.41) is 0. The first-order valence-electron chi connectivity index (χ1n) is 7.44. The van der Waals surface area contributed by atoms with Crippen molar-refractivity contribution in [3.63, 3.8) is 0 Å². The van der Waals surface area contributed by atoms with Gasteiger partial charge in [0.15, 0.2) is 0 Å². The average molecular weight is 273 g/mol. The van der Waals surface area contributed by atoms with Crippen molar-refractivity contribution in [2.24, 2.45) is 0 Å². The van der Waals surface area contributed by atoms with E-state index >= 15 is 0 Å². The summed E-state index contributed by atoms with van der Waals surface area (Å²) in [6.45, 7) is 6.86. The van der Waals surface area contributed by atoms with Gasteiger partial charge in [-0.1, -0.05) is 0 Å². The van der Waals surface area contributed by atoms with Crippen LogP contribution in [0.25, 0.3) is 5.52 Å². The molecule has 2 aromatic rings. The van der Waals surface area contributed by atoms with Crippen molar-refractivity contribution in [1.82, 2.24) is 14.3 Å². The van der Waals surface area contributed by atoms with Crippen LogP contribution in [0.15, 0.2) is 24.5 Å². The summed E-state index contributed by atoms with van der Waals surface area (Å²) in [5.74, 6) is 2.58. The molecule has 1 aliphatic heterocycles. The van der Waals surface area contributed by atoms with Gasteiger partial charge < -0.3 is 14.0 Å². The van der Waals surface area contributed by atoms with Gasteiger partial charge in [-0.05, 0) is 45.4 Å². The minimum atomic E-state index is 0.515.